The Kier molecular flexibility index (Phi) is 11.3. The van der Waals surface area contributed by atoms with Crippen molar-refractivity contribution in [2.45, 2.75) is 0 Å². The lowest BCUT2D eigenvalue weighted by Crippen LogP contribution is -2.09. The molecule has 0 unspecified atom stereocenters. The SMILES string of the molecule is C(=Cc1ccc(-c2cccc3ccccc23)c2ccccc12)c1ccc(-c2c3ccccc3c(-c3ccc(N(c4ccc(-c5ccccc5)cc4)c4ccc(-c5ccccc5)cc4)cc3)c3ccccc23)cc1. The van der Waals surface area contributed by atoms with Gasteiger partial charge in [0.15, 0.2) is 0 Å². The highest BCUT2D eigenvalue weighted by Gasteiger charge is 2.19. The minimum atomic E-state index is 1.09. The molecule has 0 heterocycles. The van der Waals surface area contributed by atoms with Crippen molar-refractivity contribution in [2.24, 2.45) is 0 Å². The van der Waals surface area contributed by atoms with Gasteiger partial charge in [0.1, 0.15) is 0 Å². The van der Waals surface area contributed by atoms with Crippen LogP contribution < -0.4 is 4.90 Å². The van der Waals surface area contributed by atoms with Crippen molar-refractivity contribution in [3.05, 3.63) is 296 Å². The van der Waals surface area contributed by atoms with Gasteiger partial charge < -0.3 is 4.90 Å². The monoisotopic (exact) mass is 927 g/mol. The molecule has 1 nitrogen and oxygen atoms in total. The Hall–Kier alpha value is -9.56. The summed E-state index contributed by atoms with van der Waals surface area (Å²) >= 11 is 0. The summed E-state index contributed by atoms with van der Waals surface area (Å²) in [5.41, 5.74) is 17.8. The van der Waals surface area contributed by atoms with E-state index < -0.39 is 0 Å². The van der Waals surface area contributed by atoms with E-state index in [1.54, 1.807) is 0 Å². The van der Waals surface area contributed by atoms with E-state index >= 15 is 0 Å². The molecule has 0 saturated heterocycles. The molecular formula is C72H49N. The van der Waals surface area contributed by atoms with E-state index in [-0.39, 0.29) is 0 Å². The maximum Gasteiger partial charge on any atom is 0.0462 e. The molecule has 0 fully saturated rings. The first kappa shape index (κ1) is 43.5. The van der Waals surface area contributed by atoms with Crippen LogP contribution >= 0.6 is 0 Å². The third-order valence-electron chi connectivity index (χ3n) is 14.5. The zero-order valence-corrected chi connectivity index (χ0v) is 40.2. The highest BCUT2D eigenvalue weighted by molar-refractivity contribution is 6.21. The molecule has 13 rings (SSSR count). The summed E-state index contributed by atoms with van der Waals surface area (Å²) in [5.74, 6) is 0. The van der Waals surface area contributed by atoms with Gasteiger partial charge in [0.05, 0.1) is 0 Å². The maximum absolute atomic E-state index is 2.36. The van der Waals surface area contributed by atoms with Crippen LogP contribution in [0.3, 0.4) is 0 Å². The lowest BCUT2D eigenvalue weighted by molar-refractivity contribution is 1.28. The number of fused-ring (bicyclic) bond motifs is 4. The first-order chi connectivity index (χ1) is 36.2. The molecule has 73 heavy (non-hydrogen) atoms. The van der Waals surface area contributed by atoms with Crippen LogP contribution in [0, 0.1) is 0 Å². The van der Waals surface area contributed by atoms with Crippen molar-refractivity contribution in [2.75, 3.05) is 4.90 Å². The van der Waals surface area contributed by atoms with E-state index in [0.717, 1.165) is 22.6 Å². The minimum absolute atomic E-state index is 1.09. The molecule has 13 aromatic carbocycles. The van der Waals surface area contributed by atoms with E-state index in [1.165, 1.54) is 104 Å². The highest BCUT2D eigenvalue weighted by atomic mass is 15.1. The van der Waals surface area contributed by atoms with Gasteiger partial charge in [-0.3, -0.25) is 0 Å². The third-order valence-corrected chi connectivity index (χ3v) is 14.5. The summed E-state index contributed by atoms with van der Waals surface area (Å²) < 4.78 is 0. The molecule has 0 aliphatic heterocycles. The number of hydrogen-bond donors (Lipinski definition) is 0. The molecule has 0 radical (unpaired) electrons. The molecule has 0 aliphatic rings. The first-order valence-electron chi connectivity index (χ1n) is 25.2. The van der Waals surface area contributed by atoms with Gasteiger partial charge in [-0.05, 0) is 146 Å². The fourth-order valence-electron chi connectivity index (χ4n) is 11.0. The van der Waals surface area contributed by atoms with Gasteiger partial charge in [-0.2, -0.15) is 0 Å². The van der Waals surface area contributed by atoms with Crippen LogP contribution in [-0.4, -0.2) is 0 Å². The van der Waals surface area contributed by atoms with Crippen LogP contribution in [0.4, 0.5) is 17.1 Å². The third kappa shape index (κ3) is 8.23. The number of hydrogen-bond acceptors (Lipinski definition) is 1. The van der Waals surface area contributed by atoms with Crippen LogP contribution in [0.15, 0.2) is 285 Å². The van der Waals surface area contributed by atoms with Gasteiger partial charge in [-0.25, -0.2) is 0 Å². The van der Waals surface area contributed by atoms with Crippen LogP contribution in [0.25, 0.3) is 111 Å². The molecule has 0 aromatic heterocycles. The smallest absolute Gasteiger partial charge is 0.0462 e. The molecule has 13 aromatic rings. The summed E-state index contributed by atoms with van der Waals surface area (Å²) in [5, 5.41) is 9.97. The van der Waals surface area contributed by atoms with E-state index in [2.05, 4.69) is 302 Å². The van der Waals surface area contributed by atoms with E-state index in [1.807, 2.05) is 0 Å². The number of rotatable bonds is 10. The highest BCUT2D eigenvalue weighted by Crippen LogP contribution is 2.45. The zero-order chi connectivity index (χ0) is 48.5. The predicted molar refractivity (Wildman–Crippen MR) is 314 cm³/mol. The Morgan fingerprint density at radius 3 is 1.10 bits per heavy atom. The molecule has 0 saturated carbocycles. The first-order valence-corrected chi connectivity index (χ1v) is 25.2. The lowest BCUT2D eigenvalue weighted by Gasteiger charge is -2.26. The van der Waals surface area contributed by atoms with Crippen molar-refractivity contribution in [3.8, 4) is 55.6 Å². The standard InChI is InChI=1S/C72H49N/c1-3-16-51(17-4-1)53-36-43-59(44-37-53)73(60-45-38-54(39-46-60)52-18-5-2-6-19-52)61-47-40-58(41-48-61)72-69-27-13-11-25-67(69)71(68-26-12-14-28-70(68)72)57-34-31-50(32-35-57)30-33-56-42-49-66(64-24-10-9-23-63(56)64)65-29-15-21-55-20-7-8-22-62(55)65/h1-49H. The van der Waals surface area contributed by atoms with Crippen molar-refractivity contribution < 1.29 is 0 Å². The Balaban J connectivity index is 0.842. The second-order valence-corrected chi connectivity index (χ2v) is 18.8. The molecule has 0 N–H and O–H groups in total. The average molecular weight is 928 g/mol. The van der Waals surface area contributed by atoms with E-state index in [0.29, 0.717) is 0 Å². The van der Waals surface area contributed by atoms with Crippen LogP contribution in [0.1, 0.15) is 11.1 Å². The molecule has 0 spiro atoms. The minimum Gasteiger partial charge on any atom is -0.311 e. The Morgan fingerprint density at radius 2 is 0.589 bits per heavy atom. The molecule has 0 amide bonds. The Morgan fingerprint density at radius 1 is 0.219 bits per heavy atom. The van der Waals surface area contributed by atoms with Crippen molar-refractivity contribution in [3.63, 3.8) is 0 Å². The van der Waals surface area contributed by atoms with E-state index in [4.69, 9.17) is 0 Å². The van der Waals surface area contributed by atoms with Crippen molar-refractivity contribution in [1.29, 1.82) is 0 Å². The van der Waals surface area contributed by atoms with Crippen LogP contribution in [0.2, 0.25) is 0 Å². The quantitative estimate of drug-likeness (QED) is 0.0976. The van der Waals surface area contributed by atoms with Gasteiger partial charge >= 0.3 is 0 Å². The van der Waals surface area contributed by atoms with Gasteiger partial charge in [-0.1, -0.05) is 261 Å². The molecule has 0 atom stereocenters. The Labute approximate surface area is 426 Å². The fourth-order valence-corrected chi connectivity index (χ4v) is 11.0. The number of anilines is 3. The van der Waals surface area contributed by atoms with E-state index in [9.17, 15) is 0 Å². The second-order valence-electron chi connectivity index (χ2n) is 18.8. The average Bonchev–Trinajstić information content (AvgIpc) is 3.47. The molecule has 0 aliphatic carbocycles. The number of nitrogens with zero attached hydrogens (tertiary/aromatic N) is 1. The normalized spacial score (nSPS) is 11.5. The predicted octanol–water partition coefficient (Wildman–Crippen LogP) is 20.3. The van der Waals surface area contributed by atoms with Gasteiger partial charge in [-0.15, -0.1) is 0 Å². The van der Waals surface area contributed by atoms with Gasteiger partial charge in [0.2, 0.25) is 0 Å². The second kappa shape index (κ2) is 19.0. The molecular weight excluding hydrogens is 879 g/mol. The summed E-state index contributed by atoms with van der Waals surface area (Å²) in [4.78, 5) is 2.36. The molecule has 342 valence electrons. The van der Waals surface area contributed by atoms with Gasteiger partial charge in [0.25, 0.3) is 0 Å². The molecule has 0 bridgehead atoms. The topological polar surface area (TPSA) is 3.24 Å². The Bertz CT molecular complexity index is 3990. The van der Waals surface area contributed by atoms with Crippen LogP contribution in [-0.2, 0) is 0 Å². The zero-order valence-electron chi connectivity index (χ0n) is 40.2. The van der Waals surface area contributed by atoms with Crippen molar-refractivity contribution in [1.82, 2.24) is 0 Å². The van der Waals surface area contributed by atoms with Crippen molar-refractivity contribution >= 4 is 72.3 Å². The largest absolute Gasteiger partial charge is 0.311 e. The fraction of sp³-hybridized carbons (Fsp3) is 0. The summed E-state index contributed by atoms with van der Waals surface area (Å²) in [6.45, 7) is 0. The number of benzene rings is 13. The van der Waals surface area contributed by atoms with Crippen LogP contribution in [0.5, 0.6) is 0 Å². The molecule has 1 heteroatoms. The maximum atomic E-state index is 2.36. The summed E-state index contributed by atoms with van der Waals surface area (Å²) in [7, 11) is 0. The summed E-state index contributed by atoms with van der Waals surface area (Å²) in [6, 6.07) is 104. The lowest BCUT2D eigenvalue weighted by atomic mass is 9.86. The summed E-state index contributed by atoms with van der Waals surface area (Å²) in [6.07, 6.45) is 4.50. The van der Waals surface area contributed by atoms with Gasteiger partial charge in [0, 0.05) is 17.1 Å².